The second kappa shape index (κ2) is 11.4. The summed E-state index contributed by atoms with van der Waals surface area (Å²) in [7, 11) is 0. The van der Waals surface area contributed by atoms with Crippen molar-refractivity contribution >= 4 is 29.1 Å². The first-order valence-corrected chi connectivity index (χ1v) is 13.8. The van der Waals surface area contributed by atoms with E-state index in [-0.39, 0.29) is 23.6 Å². The van der Waals surface area contributed by atoms with Crippen molar-refractivity contribution in [2.24, 2.45) is 5.92 Å². The highest BCUT2D eigenvalue weighted by molar-refractivity contribution is 6.02. The smallest absolute Gasteiger partial charge is 0.256 e. The molecule has 3 aliphatic rings. The summed E-state index contributed by atoms with van der Waals surface area (Å²) in [6.45, 7) is 6.28. The SMILES string of the molecule is Cc1ccc(C(=O)N2CCCN(c3ccc(NC(=O)C4CCC4)cc3C(=O)N3CCCCC3)CC2)cc1. The number of carbonyl (C=O) groups is 3. The van der Waals surface area contributed by atoms with E-state index < -0.39 is 0 Å². The fourth-order valence-corrected chi connectivity index (χ4v) is 5.48. The molecule has 7 nitrogen and oxygen atoms in total. The molecule has 0 bridgehead atoms. The Morgan fingerprint density at radius 2 is 1.43 bits per heavy atom. The quantitative estimate of drug-likeness (QED) is 0.643. The largest absolute Gasteiger partial charge is 0.369 e. The van der Waals surface area contributed by atoms with E-state index in [0.29, 0.717) is 36.4 Å². The van der Waals surface area contributed by atoms with E-state index in [4.69, 9.17) is 0 Å². The number of hydrogen-bond donors (Lipinski definition) is 1. The molecule has 5 rings (SSSR count). The Bertz CT molecular complexity index is 1140. The number of amides is 3. The van der Waals surface area contributed by atoms with Crippen molar-refractivity contribution in [3.63, 3.8) is 0 Å². The molecule has 2 aromatic carbocycles. The van der Waals surface area contributed by atoms with Crippen LogP contribution in [-0.4, -0.2) is 66.8 Å². The van der Waals surface area contributed by atoms with Crippen LogP contribution in [0.4, 0.5) is 11.4 Å². The molecule has 0 unspecified atom stereocenters. The first-order valence-electron chi connectivity index (χ1n) is 13.8. The van der Waals surface area contributed by atoms with Crippen LogP contribution in [0.25, 0.3) is 0 Å². The van der Waals surface area contributed by atoms with Crippen LogP contribution in [0, 0.1) is 12.8 Å². The molecule has 2 aliphatic heterocycles. The summed E-state index contributed by atoms with van der Waals surface area (Å²) in [4.78, 5) is 45.5. The molecule has 2 heterocycles. The highest BCUT2D eigenvalue weighted by atomic mass is 16.2. The summed E-state index contributed by atoms with van der Waals surface area (Å²) in [5, 5.41) is 3.05. The summed E-state index contributed by atoms with van der Waals surface area (Å²) < 4.78 is 0. The third kappa shape index (κ3) is 5.81. The van der Waals surface area contributed by atoms with Crippen LogP contribution < -0.4 is 10.2 Å². The minimum absolute atomic E-state index is 0.0336. The molecule has 37 heavy (non-hydrogen) atoms. The van der Waals surface area contributed by atoms with Crippen LogP contribution in [-0.2, 0) is 4.79 Å². The van der Waals surface area contributed by atoms with Crippen molar-refractivity contribution in [1.82, 2.24) is 9.80 Å². The van der Waals surface area contributed by atoms with E-state index in [1.807, 2.05) is 59.2 Å². The molecule has 2 aromatic rings. The van der Waals surface area contributed by atoms with Crippen LogP contribution in [0.3, 0.4) is 0 Å². The minimum Gasteiger partial charge on any atom is -0.369 e. The fourth-order valence-electron chi connectivity index (χ4n) is 5.48. The number of likely N-dealkylation sites (tertiary alicyclic amines) is 1. The molecule has 0 radical (unpaired) electrons. The molecule has 3 fully saturated rings. The molecule has 2 saturated heterocycles. The molecular formula is C30H38N4O3. The van der Waals surface area contributed by atoms with Crippen molar-refractivity contribution < 1.29 is 14.4 Å². The lowest BCUT2D eigenvalue weighted by Gasteiger charge is -2.31. The van der Waals surface area contributed by atoms with Gasteiger partial charge in [-0.1, -0.05) is 24.1 Å². The first-order chi connectivity index (χ1) is 18.0. The average molecular weight is 503 g/mol. The number of benzene rings is 2. The molecule has 196 valence electrons. The van der Waals surface area contributed by atoms with E-state index in [1.165, 1.54) is 0 Å². The van der Waals surface area contributed by atoms with Gasteiger partial charge in [0.25, 0.3) is 11.8 Å². The number of aryl methyl sites for hydroxylation is 1. The summed E-state index contributed by atoms with van der Waals surface area (Å²) in [6, 6.07) is 13.5. The van der Waals surface area contributed by atoms with Gasteiger partial charge in [-0.25, -0.2) is 0 Å². The Balaban J connectivity index is 1.35. The van der Waals surface area contributed by atoms with Gasteiger partial charge in [-0.3, -0.25) is 14.4 Å². The standard InChI is InChI=1S/C30H38N4O3/c1-22-9-11-24(12-10-22)29(36)34-18-6-17-32(19-20-34)27-14-13-25(31-28(35)23-7-5-8-23)21-26(27)30(37)33-15-3-2-4-16-33/h9-14,21,23H,2-8,15-20H2,1H3,(H,31,35). The third-order valence-corrected chi connectivity index (χ3v) is 8.04. The predicted octanol–water partition coefficient (Wildman–Crippen LogP) is 4.71. The Hall–Kier alpha value is -3.35. The Morgan fingerprint density at radius 3 is 2.14 bits per heavy atom. The van der Waals surface area contributed by atoms with Gasteiger partial charge in [0, 0.05) is 62.1 Å². The van der Waals surface area contributed by atoms with E-state index >= 15 is 0 Å². The zero-order valence-electron chi connectivity index (χ0n) is 21.9. The number of anilines is 2. The van der Waals surface area contributed by atoms with Gasteiger partial charge in [-0.15, -0.1) is 0 Å². The van der Waals surface area contributed by atoms with Crippen LogP contribution >= 0.6 is 0 Å². The summed E-state index contributed by atoms with van der Waals surface area (Å²) in [6.07, 6.45) is 7.02. The van der Waals surface area contributed by atoms with Gasteiger partial charge in [0.1, 0.15) is 0 Å². The van der Waals surface area contributed by atoms with Gasteiger partial charge in [-0.05, 0) is 75.8 Å². The van der Waals surface area contributed by atoms with Gasteiger partial charge in [-0.2, -0.15) is 0 Å². The molecule has 0 spiro atoms. The summed E-state index contributed by atoms with van der Waals surface area (Å²) in [5.41, 5.74) is 4.07. The lowest BCUT2D eigenvalue weighted by Crippen LogP contribution is -2.38. The van der Waals surface area contributed by atoms with Crippen molar-refractivity contribution in [3.8, 4) is 0 Å². The van der Waals surface area contributed by atoms with Gasteiger partial charge in [0.05, 0.1) is 5.56 Å². The van der Waals surface area contributed by atoms with Crippen LogP contribution in [0.15, 0.2) is 42.5 Å². The fraction of sp³-hybridized carbons (Fsp3) is 0.500. The second-order valence-electron chi connectivity index (χ2n) is 10.7. The third-order valence-electron chi connectivity index (χ3n) is 8.04. The van der Waals surface area contributed by atoms with Gasteiger partial charge in [0.2, 0.25) is 5.91 Å². The number of hydrogen-bond acceptors (Lipinski definition) is 4. The zero-order valence-corrected chi connectivity index (χ0v) is 21.9. The normalized spacial score (nSPS) is 18.7. The molecule has 0 aromatic heterocycles. The molecule has 0 atom stereocenters. The van der Waals surface area contributed by atoms with Gasteiger partial charge < -0.3 is 20.0 Å². The van der Waals surface area contributed by atoms with Gasteiger partial charge >= 0.3 is 0 Å². The lowest BCUT2D eigenvalue weighted by atomic mass is 9.85. The molecular weight excluding hydrogens is 464 g/mol. The Kier molecular flexibility index (Phi) is 7.77. The van der Waals surface area contributed by atoms with Crippen molar-refractivity contribution in [1.29, 1.82) is 0 Å². The first kappa shape index (κ1) is 25.3. The molecule has 1 saturated carbocycles. The maximum atomic E-state index is 13.7. The number of nitrogens with zero attached hydrogens (tertiary/aromatic N) is 3. The minimum atomic E-state index is 0.0336. The van der Waals surface area contributed by atoms with E-state index in [0.717, 1.165) is 75.8 Å². The topological polar surface area (TPSA) is 73.0 Å². The molecule has 1 N–H and O–H groups in total. The number of carbonyl (C=O) groups excluding carboxylic acids is 3. The number of piperidine rings is 1. The van der Waals surface area contributed by atoms with Crippen LogP contribution in [0.5, 0.6) is 0 Å². The molecule has 3 amide bonds. The average Bonchev–Trinajstić information content (AvgIpc) is 3.14. The maximum absolute atomic E-state index is 13.7. The maximum Gasteiger partial charge on any atom is 0.256 e. The number of nitrogens with one attached hydrogen (secondary N) is 1. The van der Waals surface area contributed by atoms with Crippen LogP contribution in [0.2, 0.25) is 0 Å². The monoisotopic (exact) mass is 502 g/mol. The number of rotatable bonds is 5. The Morgan fingerprint density at radius 1 is 0.730 bits per heavy atom. The molecule has 1 aliphatic carbocycles. The molecule has 7 heteroatoms. The van der Waals surface area contributed by atoms with Crippen LogP contribution in [0.1, 0.15) is 71.2 Å². The highest BCUT2D eigenvalue weighted by Gasteiger charge is 2.28. The van der Waals surface area contributed by atoms with Gasteiger partial charge in [0.15, 0.2) is 0 Å². The predicted molar refractivity (Wildman–Crippen MR) is 146 cm³/mol. The van der Waals surface area contributed by atoms with Crippen molar-refractivity contribution in [3.05, 3.63) is 59.2 Å². The summed E-state index contributed by atoms with van der Waals surface area (Å²) in [5.74, 6) is 0.228. The Labute approximate surface area is 219 Å². The lowest BCUT2D eigenvalue weighted by molar-refractivity contribution is -0.122. The van der Waals surface area contributed by atoms with E-state index in [2.05, 4.69) is 10.2 Å². The van der Waals surface area contributed by atoms with E-state index in [9.17, 15) is 14.4 Å². The summed E-state index contributed by atoms with van der Waals surface area (Å²) >= 11 is 0. The van der Waals surface area contributed by atoms with Crippen molar-refractivity contribution in [2.45, 2.75) is 51.9 Å². The van der Waals surface area contributed by atoms with E-state index in [1.54, 1.807) is 0 Å². The zero-order chi connectivity index (χ0) is 25.8. The highest BCUT2D eigenvalue weighted by Crippen LogP contribution is 2.31. The van der Waals surface area contributed by atoms with Crippen molar-refractivity contribution in [2.75, 3.05) is 49.5 Å². The second-order valence-corrected chi connectivity index (χ2v) is 10.7.